The first-order chi connectivity index (χ1) is 12.1. The summed E-state index contributed by atoms with van der Waals surface area (Å²) in [5.41, 5.74) is 6.29. The maximum atomic E-state index is 2.64. The van der Waals surface area contributed by atoms with E-state index in [9.17, 15) is 0 Å². The van der Waals surface area contributed by atoms with E-state index in [0.29, 0.717) is 5.41 Å². The molecule has 0 aromatic heterocycles. The first-order valence-corrected chi connectivity index (χ1v) is 11.5. The van der Waals surface area contributed by atoms with Crippen molar-refractivity contribution in [3.05, 3.63) is 22.8 Å². The molecule has 4 aliphatic rings. The molecule has 0 nitrogen and oxygen atoms in total. The molecule has 25 heavy (non-hydrogen) atoms. The normalized spacial score (nSPS) is 41.6. The van der Waals surface area contributed by atoms with Crippen molar-refractivity contribution in [2.24, 2.45) is 29.1 Å². The van der Waals surface area contributed by atoms with Crippen molar-refractivity contribution in [2.75, 3.05) is 0 Å². The standard InChI is InChI=1S/C23H36.C2H6/c1-4-5-6-18-9-12-22-21-11-8-17-15-16(2)7-10-19(17)20(21)13-14-23(18,22)3;1-2/h6,16,20-22H,4-5,7-15H2,1-3H3;1-2H3/b18-6-;. The summed E-state index contributed by atoms with van der Waals surface area (Å²) in [6, 6.07) is 0. The van der Waals surface area contributed by atoms with Crippen LogP contribution in [0.25, 0.3) is 0 Å². The van der Waals surface area contributed by atoms with Gasteiger partial charge in [0.2, 0.25) is 0 Å². The first kappa shape index (κ1) is 19.2. The zero-order valence-corrected chi connectivity index (χ0v) is 17.7. The molecule has 5 unspecified atom stereocenters. The molecule has 0 heterocycles. The lowest BCUT2D eigenvalue weighted by Crippen LogP contribution is -2.42. The first-order valence-electron chi connectivity index (χ1n) is 11.5. The topological polar surface area (TPSA) is 0 Å². The maximum absolute atomic E-state index is 2.64. The van der Waals surface area contributed by atoms with Crippen molar-refractivity contribution in [3.8, 4) is 0 Å². The molecule has 2 saturated carbocycles. The number of hydrogen-bond acceptors (Lipinski definition) is 0. The third-order valence-corrected chi connectivity index (χ3v) is 8.15. The molecule has 2 fully saturated rings. The van der Waals surface area contributed by atoms with E-state index in [1.807, 2.05) is 30.6 Å². The van der Waals surface area contributed by atoms with Gasteiger partial charge in [0.15, 0.2) is 0 Å². The van der Waals surface area contributed by atoms with Crippen molar-refractivity contribution in [3.63, 3.8) is 0 Å². The van der Waals surface area contributed by atoms with Crippen LogP contribution in [0, 0.1) is 29.1 Å². The summed E-state index contributed by atoms with van der Waals surface area (Å²) < 4.78 is 0. The zero-order valence-electron chi connectivity index (χ0n) is 17.7. The van der Waals surface area contributed by atoms with E-state index in [1.165, 1.54) is 70.6 Å². The lowest BCUT2D eigenvalue weighted by Gasteiger charge is -2.51. The highest BCUT2D eigenvalue weighted by Gasteiger charge is 2.52. The van der Waals surface area contributed by atoms with Gasteiger partial charge in [0, 0.05) is 0 Å². The Bertz CT molecular complexity index is 522. The number of hydrogen-bond donors (Lipinski definition) is 0. The van der Waals surface area contributed by atoms with Gasteiger partial charge < -0.3 is 0 Å². The molecule has 0 heteroatoms. The summed E-state index contributed by atoms with van der Waals surface area (Å²) in [5.74, 6) is 3.95. The summed E-state index contributed by atoms with van der Waals surface area (Å²) in [7, 11) is 0. The summed E-state index contributed by atoms with van der Waals surface area (Å²) in [6.45, 7) is 11.4. The zero-order chi connectivity index (χ0) is 18.0. The van der Waals surface area contributed by atoms with Crippen LogP contribution >= 0.6 is 0 Å². The van der Waals surface area contributed by atoms with E-state index in [4.69, 9.17) is 0 Å². The average molecular weight is 343 g/mol. The Hall–Kier alpha value is -0.520. The Labute approximate surface area is 157 Å². The highest BCUT2D eigenvalue weighted by Crippen LogP contribution is 2.63. The molecule has 4 aliphatic carbocycles. The number of allylic oxidation sites excluding steroid dienone is 4. The fourth-order valence-electron chi connectivity index (χ4n) is 6.91. The van der Waals surface area contributed by atoms with Crippen molar-refractivity contribution < 1.29 is 0 Å². The molecule has 0 amide bonds. The lowest BCUT2D eigenvalue weighted by molar-refractivity contribution is 0.0592. The Morgan fingerprint density at radius 3 is 2.60 bits per heavy atom. The predicted molar refractivity (Wildman–Crippen MR) is 111 cm³/mol. The Morgan fingerprint density at radius 1 is 1.04 bits per heavy atom. The van der Waals surface area contributed by atoms with Gasteiger partial charge in [-0.1, -0.05) is 63.8 Å². The van der Waals surface area contributed by atoms with Gasteiger partial charge >= 0.3 is 0 Å². The van der Waals surface area contributed by atoms with Crippen LogP contribution < -0.4 is 0 Å². The molecule has 142 valence electrons. The fourth-order valence-corrected chi connectivity index (χ4v) is 6.91. The minimum absolute atomic E-state index is 0.566. The van der Waals surface area contributed by atoms with Gasteiger partial charge in [-0.15, -0.1) is 0 Å². The van der Waals surface area contributed by atoms with Crippen LogP contribution in [-0.2, 0) is 0 Å². The second-order valence-corrected chi connectivity index (χ2v) is 9.41. The van der Waals surface area contributed by atoms with Gasteiger partial charge in [-0.05, 0) is 93.3 Å². The maximum Gasteiger partial charge on any atom is -0.00850 e. The molecule has 0 saturated heterocycles. The fraction of sp³-hybridized carbons (Fsp3) is 0.840. The molecule has 0 aliphatic heterocycles. The van der Waals surface area contributed by atoms with E-state index in [1.54, 1.807) is 0 Å². The van der Waals surface area contributed by atoms with Gasteiger partial charge in [0.1, 0.15) is 0 Å². The van der Waals surface area contributed by atoms with Gasteiger partial charge in [0.25, 0.3) is 0 Å². The molecular weight excluding hydrogens is 300 g/mol. The van der Waals surface area contributed by atoms with Crippen LogP contribution in [0.3, 0.4) is 0 Å². The molecule has 0 spiro atoms. The predicted octanol–water partition coefficient (Wildman–Crippen LogP) is 8.09. The molecule has 0 bridgehead atoms. The highest BCUT2D eigenvalue weighted by molar-refractivity contribution is 5.30. The van der Waals surface area contributed by atoms with Crippen LogP contribution in [0.2, 0.25) is 0 Å². The van der Waals surface area contributed by atoms with E-state index in [2.05, 4.69) is 26.8 Å². The minimum atomic E-state index is 0.566. The molecule has 4 rings (SSSR count). The molecule has 0 aromatic rings. The van der Waals surface area contributed by atoms with Crippen molar-refractivity contribution >= 4 is 0 Å². The van der Waals surface area contributed by atoms with Crippen LogP contribution in [-0.4, -0.2) is 0 Å². The van der Waals surface area contributed by atoms with Crippen LogP contribution in [0.5, 0.6) is 0 Å². The molecule has 0 radical (unpaired) electrons. The Morgan fingerprint density at radius 2 is 1.84 bits per heavy atom. The van der Waals surface area contributed by atoms with Gasteiger partial charge in [-0.3, -0.25) is 0 Å². The molecule has 0 N–H and O–H groups in total. The average Bonchev–Trinajstić information content (AvgIpc) is 2.97. The second-order valence-electron chi connectivity index (χ2n) is 9.41. The second kappa shape index (κ2) is 8.01. The largest absolute Gasteiger partial charge is 0.0848 e. The van der Waals surface area contributed by atoms with Crippen molar-refractivity contribution in [2.45, 2.75) is 105 Å². The number of unbranched alkanes of at least 4 members (excludes halogenated alkanes) is 1. The summed E-state index contributed by atoms with van der Waals surface area (Å²) in [4.78, 5) is 0. The Balaban J connectivity index is 0.000000880. The molecular formula is C25H42. The minimum Gasteiger partial charge on any atom is -0.0848 e. The van der Waals surface area contributed by atoms with Gasteiger partial charge in [-0.2, -0.15) is 0 Å². The van der Waals surface area contributed by atoms with Gasteiger partial charge in [0.05, 0.1) is 0 Å². The third-order valence-electron chi connectivity index (χ3n) is 8.15. The molecule has 5 atom stereocenters. The van der Waals surface area contributed by atoms with Gasteiger partial charge in [-0.25, -0.2) is 0 Å². The molecule has 0 aromatic carbocycles. The van der Waals surface area contributed by atoms with Crippen molar-refractivity contribution in [1.82, 2.24) is 0 Å². The quantitative estimate of drug-likeness (QED) is 0.445. The van der Waals surface area contributed by atoms with E-state index in [0.717, 1.165) is 23.7 Å². The third kappa shape index (κ3) is 3.40. The number of rotatable bonds is 2. The highest BCUT2D eigenvalue weighted by atomic mass is 14.6. The summed E-state index contributed by atoms with van der Waals surface area (Å²) in [6.07, 6.45) is 18.4. The number of fused-ring (bicyclic) bond motifs is 4. The summed E-state index contributed by atoms with van der Waals surface area (Å²) in [5, 5.41) is 0. The SMILES string of the molecule is CC.CCC/C=C1/CCC2C3CCC4=C(CCC(C)C4)C3CCC12C. The smallest absolute Gasteiger partial charge is 0.00850 e. The van der Waals surface area contributed by atoms with Crippen LogP contribution in [0.15, 0.2) is 22.8 Å². The Kier molecular flexibility index (Phi) is 6.17. The van der Waals surface area contributed by atoms with E-state index in [-0.39, 0.29) is 0 Å². The monoisotopic (exact) mass is 342 g/mol. The lowest BCUT2D eigenvalue weighted by atomic mass is 9.53. The van der Waals surface area contributed by atoms with E-state index >= 15 is 0 Å². The van der Waals surface area contributed by atoms with Crippen molar-refractivity contribution in [1.29, 1.82) is 0 Å². The van der Waals surface area contributed by atoms with Crippen LogP contribution in [0.1, 0.15) is 105 Å². The van der Waals surface area contributed by atoms with Crippen LogP contribution in [0.4, 0.5) is 0 Å². The summed E-state index contributed by atoms with van der Waals surface area (Å²) >= 11 is 0. The van der Waals surface area contributed by atoms with E-state index < -0.39 is 0 Å².